The van der Waals surface area contributed by atoms with Gasteiger partial charge >= 0.3 is 0 Å². The van der Waals surface area contributed by atoms with Crippen molar-refractivity contribution in [3.8, 4) is 22.3 Å². The fourth-order valence-corrected chi connectivity index (χ4v) is 6.27. The van der Waals surface area contributed by atoms with Crippen molar-refractivity contribution in [1.29, 1.82) is 0 Å². The molecule has 6 heteroatoms. The summed E-state index contributed by atoms with van der Waals surface area (Å²) in [6.45, 7) is 0. The molecular weight excluding hydrogens is 450 g/mol. The molecule has 0 radical (unpaired) electrons. The van der Waals surface area contributed by atoms with Crippen molar-refractivity contribution in [1.82, 2.24) is 19.6 Å². The Balaban J connectivity index is 1.27. The van der Waals surface area contributed by atoms with E-state index in [0.29, 0.717) is 0 Å². The number of rotatable bonds is 2. The minimum absolute atomic E-state index is 1.15. The fourth-order valence-electron chi connectivity index (χ4n) is 5.04. The summed E-state index contributed by atoms with van der Waals surface area (Å²) < 4.78 is 3.83. The van der Waals surface area contributed by atoms with E-state index in [0.717, 1.165) is 21.8 Å². The van der Waals surface area contributed by atoms with E-state index in [2.05, 4.69) is 94.9 Å². The molecule has 2 aromatic heterocycles. The normalized spacial score (nSPS) is 12.8. The number of benzene rings is 4. The van der Waals surface area contributed by atoms with Crippen LogP contribution in [0.25, 0.3) is 44.1 Å². The van der Waals surface area contributed by atoms with Gasteiger partial charge in [-0.25, -0.2) is 0 Å². The summed E-state index contributed by atoms with van der Waals surface area (Å²) in [5.74, 6) is 0. The molecule has 4 aromatic carbocycles. The molecule has 1 aliphatic rings. The van der Waals surface area contributed by atoms with E-state index in [1.54, 1.807) is 0 Å². The van der Waals surface area contributed by atoms with Crippen molar-refractivity contribution in [2.75, 3.05) is 11.9 Å². The van der Waals surface area contributed by atoms with Crippen LogP contribution in [0, 0.1) is 0 Å². The average Bonchev–Trinajstić information content (AvgIpc) is 3.45. The lowest BCUT2D eigenvalue weighted by Gasteiger charge is -2.30. The highest BCUT2D eigenvalue weighted by Gasteiger charge is 2.22. The summed E-state index contributed by atoms with van der Waals surface area (Å²) in [7, 11) is 6.11. The molecular formula is C29H23N5S. The van der Waals surface area contributed by atoms with Crippen LogP contribution < -0.4 is 4.90 Å². The number of fused-ring (bicyclic) bond motifs is 4. The lowest BCUT2D eigenvalue weighted by atomic mass is 10.0. The number of aryl methyl sites for hydroxylation is 2. The van der Waals surface area contributed by atoms with E-state index in [4.69, 9.17) is 0 Å². The highest BCUT2D eigenvalue weighted by atomic mass is 32.2. The van der Waals surface area contributed by atoms with Crippen LogP contribution in [0.3, 0.4) is 0 Å². The molecule has 3 heterocycles. The maximum absolute atomic E-state index is 4.39. The zero-order valence-corrected chi connectivity index (χ0v) is 20.5. The summed E-state index contributed by atoms with van der Waals surface area (Å²) in [6, 6.07) is 26.6. The molecule has 0 unspecified atom stereocenters. The SMILES string of the molecule is CN1c2ccc(-c3ccc4c(cnn4C)c3)cc2Sc2cc(-c3ccc4c(cnn4C)c3)ccc21. The van der Waals surface area contributed by atoms with Crippen LogP contribution in [0.5, 0.6) is 0 Å². The Kier molecular flexibility index (Phi) is 4.35. The van der Waals surface area contributed by atoms with Gasteiger partial charge in [-0.3, -0.25) is 9.36 Å². The molecule has 0 bridgehead atoms. The highest BCUT2D eigenvalue weighted by molar-refractivity contribution is 7.99. The molecule has 0 N–H and O–H groups in total. The first-order chi connectivity index (χ1) is 17.0. The topological polar surface area (TPSA) is 38.9 Å². The molecule has 35 heavy (non-hydrogen) atoms. The van der Waals surface area contributed by atoms with Gasteiger partial charge in [0.05, 0.1) is 34.8 Å². The third-order valence-electron chi connectivity index (χ3n) is 7.02. The zero-order valence-electron chi connectivity index (χ0n) is 19.7. The minimum Gasteiger partial charge on any atom is -0.343 e. The third-order valence-corrected chi connectivity index (χ3v) is 8.12. The number of hydrogen-bond acceptors (Lipinski definition) is 4. The van der Waals surface area contributed by atoms with E-state index in [9.17, 15) is 0 Å². The number of nitrogens with zero attached hydrogens (tertiary/aromatic N) is 5. The first-order valence-corrected chi connectivity index (χ1v) is 12.4. The van der Waals surface area contributed by atoms with Gasteiger partial charge in [0.2, 0.25) is 0 Å². The lowest BCUT2D eigenvalue weighted by molar-refractivity contribution is 0.797. The van der Waals surface area contributed by atoms with Gasteiger partial charge in [-0.05, 0) is 70.8 Å². The van der Waals surface area contributed by atoms with E-state index >= 15 is 0 Å². The Morgan fingerprint density at radius 1 is 0.543 bits per heavy atom. The molecule has 6 aromatic rings. The maximum Gasteiger partial charge on any atom is 0.0679 e. The monoisotopic (exact) mass is 473 g/mol. The van der Waals surface area contributed by atoms with E-state index in [-0.39, 0.29) is 0 Å². The molecule has 5 nitrogen and oxygen atoms in total. The Hall–Kier alpha value is -4.03. The lowest BCUT2D eigenvalue weighted by Crippen LogP contribution is -2.14. The van der Waals surface area contributed by atoms with Crippen LogP contribution >= 0.6 is 11.8 Å². The maximum atomic E-state index is 4.39. The van der Waals surface area contributed by atoms with Crippen LogP contribution in [0.15, 0.2) is 95.0 Å². The quantitative estimate of drug-likeness (QED) is 0.271. The first kappa shape index (κ1) is 20.4. The predicted octanol–water partition coefficient (Wildman–Crippen LogP) is 7.03. The Morgan fingerprint density at radius 2 is 0.971 bits per heavy atom. The Morgan fingerprint density at radius 3 is 1.46 bits per heavy atom. The van der Waals surface area contributed by atoms with Crippen LogP contribution in [0.4, 0.5) is 11.4 Å². The largest absolute Gasteiger partial charge is 0.343 e. The average molecular weight is 474 g/mol. The molecule has 1 aliphatic heterocycles. The van der Waals surface area contributed by atoms with Crippen molar-refractivity contribution >= 4 is 44.9 Å². The van der Waals surface area contributed by atoms with Crippen molar-refractivity contribution in [3.63, 3.8) is 0 Å². The summed E-state index contributed by atoms with van der Waals surface area (Å²) in [5.41, 5.74) is 9.62. The van der Waals surface area contributed by atoms with Crippen molar-refractivity contribution < 1.29 is 0 Å². The molecule has 0 amide bonds. The molecule has 7 rings (SSSR count). The van der Waals surface area contributed by atoms with Crippen LogP contribution in [0.1, 0.15) is 0 Å². The van der Waals surface area contributed by atoms with Crippen molar-refractivity contribution in [2.24, 2.45) is 14.1 Å². The number of aromatic nitrogens is 4. The molecule has 0 aliphatic carbocycles. The predicted molar refractivity (Wildman–Crippen MR) is 144 cm³/mol. The van der Waals surface area contributed by atoms with Gasteiger partial charge in [0.15, 0.2) is 0 Å². The number of anilines is 2. The smallest absolute Gasteiger partial charge is 0.0679 e. The second-order valence-corrected chi connectivity index (χ2v) is 10.2. The summed E-state index contributed by atoms with van der Waals surface area (Å²) in [6.07, 6.45) is 3.86. The van der Waals surface area contributed by atoms with Gasteiger partial charge in [0, 0.05) is 41.7 Å². The third kappa shape index (κ3) is 3.17. The van der Waals surface area contributed by atoms with Gasteiger partial charge in [0.25, 0.3) is 0 Å². The molecule has 0 fully saturated rings. The standard InChI is InChI=1S/C29H23N5S/c1-32-26-10-6-20(18-4-8-24-22(12-18)16-30-33(24)2)14-28(26)35-29-15-21(7-11-27(29)32)19-5-9-25-23(13-19)17-31-34(25)3/h4-17H,1-3H3. The molecule has 0 saturated heterocycles. The Labute approximate surface area is 207 Å². The second kappa shape index (κ2) is 7.48. The summed E-state index contributed by atoms with van der Waals surface area (Å²) in [4.78, 5) is 4.83. The van der Waals surface area contributed by atoms with Gasteiger partial charge in [0.1, 0.15) is 0 Å². The molecule has 170 valence electrons. The Bertz CT molecular complexity index is 1650. The van der Waals surface area contributed by atoms with E-state index in [1.165, 1.54) is 43.4 Å². The highest BCUT2D eigenvalue weighted by Crippen LogP contribution is 2.49. The fraction of sp³-hybridized carbons (Fsp3) is 0.103. The second-order valence-electron chi connectivity index (χ2n) is 9.11. The van der Waals surface area contributed by atoms with E-state index < -0.39 is 0 Å². The first-order valence-electron chi connectivity index (χ1n) is 11.6. The van der Waals surface area contributed by atoms with Gasteiger partial charge in [-0.1, -0.05) is 36.0 Å². The molecule has 0 saturated carbocycles. The van der Waals surface area contributed by atoms with Gasteiger partial charge < -0.3 is 4.90 Å². The van der Waals surface area contributed by atoms with Crippen LogP contribution in [-0.4, -0.2) is 26.6 Å². The van der Waals surface area contributed by atoms with Gasteiger partial charge in [-0.2, -0.15) is 10.2 Å². The molecule has 0 spiro atoms. The summed E-state index contributed by atoms with van der Waals surface area (Å²) in [5, 5.41) is 11.1. The van der Waals surface area contributed by atoms with Crippen LogP contribution in [-0.2, 0) is 14.1 Å². The van der Waals surface area contributed by atoms with Crippen LogP contribution in [0.2, 0.25) is 0 Å². The van der Waals surface area contributed by atoms with Crippen molar-refractivity contribution in [2.45, 2.75) is 9.79 Å². The van der Waals surface area contributed by atoms with Gasteiger partial charge in [-0.15, -0.1) is 0 Å². The minimum atomic E-state index is 1.15. The summed E-state index contributed by atoms with van der Waals surface area (Å²) >= 11 is 1.84. The number of hydrogen-bond donors (Lipinski definition) is 0. The molecule has 0 atom stereocenters. The van der Waals surface area contributed by atoms with E-state index in [1.807, 2.05) is 47.6 Å². The zero-order chi connectivity index (χ0) is 23.7. The van der Waals surface area contributed by atoms with Crippen molar-refractivity contribution in [3.05, 3.63) is 85.2 Å².